The fourth-order valence-electron chi connectivity index (χ4n) is 5.75. The fourth-order valence-corrected chi connectivity index (χ4v) is 5.75. The third-order valence-corrected chi connectivity index (χ3v) is 7.60. The number of amides is 2. The van der Waals surface area contributed by atoms with Crippen LogP contribution >= 0.6 is 0 Å². The van der Waals surface area contributed by atoms with Crippen LogP contribution in [0.2, 0.25) is 0 Å². The lowest BCUT2D eigenvalue weighted by molar-refractivity contribution is -0.138. The first-order valence-corrected chi connectivity index (χ1v) is 12.4. The lowest BCUT2D eigenvalue weighted by Gasteiger charge is -2.39. The number of rotatable bonds is 5. The molecule has 6 heteroatoms. The molecule has 180 valence electrons. The number of primary amides is 1. The zero-order valence-electron chi connectivity index (χ0n) is 19.8. The van der Waals surface area contributed by atoms with E-state index in [0.29, 0.717) is 12.1 Å². The van der Waals surface area contributed by atoms with Gasteiger partial charge in [0.05, 0.1) is 11.1 Å². The smallest absolute Gasteiger partial charge is 0.248 e. The summed E-state index contributed by atoms with van der Waals surface area (Å²) in [5, 5.41) is 0. The molecule has 0 bridgehead atoms. The summed E-state index contributed by atoms with van der Waals surface area (Å²) >= 11 is 0. The standard InChI is InChI=1S/C29H30FN3O2/c30-24-13-11-23(12-14-24)29(15-1-2-16-29)28(35)33-17-5-8-22(19-33)26-10-4-9-25(32-26)20-6-3-7-21(18-20)27(31)34/h3-4,6-7,9-14,18,22H,1-2,5,8,15-17,19H2,(H2,31,34). The minimum atomic E-state index is -0.555. The van der Waals surface area contributed by atoms with E-state index in [0.717, 1.165) is 67.6 Å². The van der Waals surface area contributed by atoms with Gasteiger partial charge in [0.1, 0.15) is 5.82 Å². The Kier molecular flexibility index (Phi) is 6.37. The Balaban J connectivity index is 1.39. The third kappa shape index (κ3) is 4.57. The van der Waals surface area contributed by atoms with Crippen LogP contribution in [0.5, 0.6) is 0 Å². The molecule has 2 amide bonds. The molecule has 1 aliphatic heterocycles. The van der Waals surface area contributed by atoms with Gasteiger partial charge in [0.2, 0.25) is 11.8 Å². The predicted molar refractivity (Wildman–Crippen MR) is 133 cm³/mol. The van der Waals surface area contributed by atoms with Gasteiger partial charge in [-0.15, -0.1) is 0 Å². The molecule has 0 spiro atoms. The van der Waals surface area contributed by atoms with Gasteiger partial charge in [-0.3, -0.25) is 14.6 Å². The summed E-state index contributed by atoms with van der Waals surface area (Å²) < 4.78 is 13.6. The van der Waals surface area contributed by atoms with Crippen LogP contribution in [0.4, 0.5) is 4.39 Å². The molecule has 2 fully saturated rings. The maximum atomic E-state index is 13.9. The highest BCUT2D eigenvalue weighted by molar-refractivity contribution is 5.94. The Morgan fingerprint density at radius 1 is 0.971 bits per heavy atom. The van der Waals surface area contributed by atoms with Gasteiger partial charge in [-0.1, -0.05) is 43.2 Å². The number of halogens is 1. The number of piperidine rings is 1. The summed E-state index contributed by atoms with van der Waals surface area (Å²) in [5.41, 5.74) is 8.85. The molecule has 1 aromatic heterocycles. The van der Waals surface area contributed by atoms with Gasteiger partial charge in [0.15, 0.2) is 0 Å². The molecule has 1 aliphatic carbocycles. The quantitative estimate of drug-likeness (QED) is 0.555. The highest BCUT2D eigenvalue weighted by Crippen LogP contribution is 2.43. The first-order chi connectivity index (χ1) is 17.0. The van der Waals surface area contributed by atoms with Gasteiger partial charge in [0, 0.05) is 35.8 Å². The Labute approximate surface area is 205 Å². The second-order valence-corrected chi connectivity index (χ2v) is 9.78. The molecule has 35 heavy (non-hydrogen) atoms. The Bertz CT molecular complexity index is 1230. The van der Waals surface area contributed by atoms with Crippen molar-refractivity contribution in [1.82, 2.24) is 9.88 Å². The summed E-state index contributed by atoms with van der Waals surface area (Å²) in [4.78, 5) is 32.5. The summed E-state index contributed by atoms with van der Waals surface area (Å²) in [6.07, 6.45) is 5.51. The Morgan fingerprint density at radius 2 is 1.71 bits per heavy atom. The number of hydrogen-bond donors (Lipinski definition) is 1. The molecule has 5 rings (SSSR count). The number of nitrogens with zero attached hydrogens (tertiary/aromatic N) is 2. The second kappa shape index (κ2) is 9.61. The summed E-state index contributed by atoms with van der Waals surface area (Å²) in [5.74, 6) is -0.443. The van der Waals surface area contributed by atoms with Crippen molar-refractivity contribution < 1.29 is 14.0 Å². The van der Waals surface area contributed by atoms with Gasteiger partial charge < -0.3 is 10.6 Å². The first-order valence-electron chi connectivity index (χ1n) is 12.4. The van der Waals surface area contributed by atoms with E-state index in [2.05, 4.69) is 0 Å². The van der Waals surface area contributed by atoms with Crippen LogP contribution in [0.25, 0.3) is 11.3 Å². The van der Waals surface area contributed by atoms with Crippen molar-refractivity contribution in [2.75, 3.05) is 13.1 Å². The van der Waals surface area contributed by atoms with Crippen LogP contribution < -0.4 is 5.73 Å². The molecule has 2 aromatic carbocycles. The van der Waals surface area contributed by atoms with Crippen molar-refractivity contribution in [3.05, 3.63) is 89.4 Å². The van der Waals surface area contributed by atoms with Gasteiger partial charge in [-0.25, -0.2) is 4.39 Å². The normalized spacial score (nSPS) is 19.5. The predicted octanol–water partition coefficient (Wildman–Crippen LogP) is 5.20. The second-order valence-electron chi connectivity index (χ2n) is 9.78. The number of aromatic nitrogens is 1. The molecular formula is C29H30FN3O2. The van der Waals surface area contributed by atoms with Gasteiger partial charge >= 0.3 is 0 Å². The Morgan fingerprint density at radius 3 is 2.46 bits per heavy atom. The summed E-state index contributed by atoms with van der Waals surface area (Å²) in [6.45, 7) is 1.36. The summed E-state index contributed by atoms with van der Waals surface area (Å²) in [6, 6.07) is 19.6. The highest BCUT2D eigenvalue weighted by Gasteiger charge is 2.45. The first kappa shape index (κ1) is 23.2. The molecule has 0 radical (unpaired) electrons. The van der Waals surface area contributed by atoms with Crippen LogP contribution in [0, 0.1) is 5.82 Å². The van der Waals surface area contributed by atoms with E-state index in [1.165, 1.54) is 12.1 Å². The molecule has 1 atom stereocenters. The third-order valence-electron chi connectivity index (χ3n) is 7.60. The minimum Gasteiger partial charge on any atom is -0.366 e. The average Bonchev–Trinajstić information content (AvgIpc) is 3.40. The molecule has 1 unspecified atom stereocenters. The molecule has 1 saturated heterocycles. The molecular weight excluding hydrogens is 441 g/mol. The Hall–Kier alpha value is -3.54. The van der Waals surface area contributed by atoms with Crippen molar-refractivity contribution in [2.45, 2.75) is 49.9 Å². The maximum Gasteiger partial charge on any atom is 0.248 e. The van der Waals surface area contributed by atoms with Crippen molar-refractivity contribution in [1.29, 1.82) is 0 Å². The highest BCUT2D eigenvalue weighted by atomic mass is 19.1. The van der Waals surface area contributed by atoms with E-state index in [1.807, 2.05) is 29.2 Å². The zero-order chi connectivity index (χ0) is 24.4. The van der Waals surface area contributed by atoms with E-state index in [-0.39, 0.29) is 17.6 Å². The fraction of sp³-hybridized carbons (Fsp3) is 0.345. The largest absolute Gasteiger partial charge is 0.366 e. The van der Waals surface area contributed by atoms with Gasteiger partial charge in [0.25, 0.3) is 0 Å². The molecule has 5 nitrogen and oxygen atoms in total. The van der Waals surface area contributed by atoms with E-state index in [1.54, 1.807) is 30.3 Å². The topological polar surface area (TPSA) is 76.3 Å². The molecule has 2 aliphatic rings. The van der Waals surface area contributed by atoms with Crippen molar-refractivity contribution >= 4 is 11.8 Å². The number of likely N-dealkylation sites (tertiary alicyclic amines) is 1. The van der Waals surface area contributed by atoms with Crippen LogP contribution in [-0.4, -0.2) is 34.8 Å². The van der Waals surface area contributed by atoms with Crippen molar-refractivity contribution in [3.63, 3.8) is 0 Å². The van der Waals surface area contributed by atoms with Crippen molar-refractivity contribution in [3.8, 4) is 11.3 Å². The van der Waals surface area contributed by atoms with E-state index >= 15 is 0 Å². The van der Waals surface area contributed by atoms with Crippen LogP contribution in [0.1, 0.15) is 66.1 Å². The molecule has 3 aromatic rings. The number of carbonyl (C=O) groups excluding carboxylic acids is 2. The minimum absolute atomic E-state index is 0.138. The molecule has 1 saturated carbocycles. The monoisotopic (exact) mass is 471 g/mol. The van der Waals surface area contributed by atoms with Crippen LogP contribution in [0.3, 0.4) is 0 Å². The molecule has 2 N–H and O–H groups in total. The van der Waals surface area contributed by atoms with E-state index < -0.39 is 11.3 Å². The van der Waals surface area contributed by atoms with E-state index in [9.17, 15) is 14.0 Å². The summed E-state index contributed by atoms with van der Waals surface area (Å²) in [7, 11) is 0. The van der Waals surface area contributed by atoms with Crippen molar-refractivity contribution in [2.24, 2.45) is 5.73 Å². The lowest BCUT2D eigenvalue weighted by atomic mass is 9.77. The lowest BCUT2D eigenvalue weighted by Crippen LogP contribution is -2.49. The zero-order valence-corrected chi connectivity index (χ0v) is 19.8. The number of hydrogen-bond acceptors (Lipinski definition) is 3. The van der Waals surface area contributed by atoms with Crippen LogP contribution in [0.15, 0.2) is 66.7 Å². The SMILES string of the molecule is NC(=O)c1cccc(-c2cccc(C3CCCN(C(=O)C4(c5ccc(F)cc5)CCCC4)C3)n2)c1. The molecule has 2 heterocycles. The maximum absolute atomic E-state index is 13.9. The number of pyridine rings is 1. The van der Waals surface area contributed by atoms with Crippen LogP contribution in [-0.2, 0) is 10.2 Å². The number of nitrogens with two attached hydrogens (primary N) is 1. The van der Waals surface area contributed by atoms with Gasteiger partial charge in [-0.05, 0) is 67.6 Å². The average molecular weight is 472 g/mol. The van der Waals surface area contributed by atoms with Gasteiger partial charge in [-0.2, -0.15) is 0 Å². The number of carbonyl (C=O) groups is 2. The van der Waals surface area contributed by atoms with E-state index in [4.69, 9.17) is 10.7 Å². The number of benzene rings is 2.